The van der Waals surface area contributed by atoms with E-state index in [1.165, 1.54) is 0 Å². The van der Waals surface area contributed by atoms with Crippen LogP contribution in [0.1, 0.15) is 33.3 Å². The van der Waals surface area contributed by atoms with Crippen LogP contribution in [0, 0.1) is 11.3 Å². The lowest BCUT2D eigenvalue weighted by atomic mass is 9.92. The van der Waals surface area contributed by atoms with Crippen molar-refractivity contribution in [3.8, 4) is 5.75 Å². The quantitative estimate of drug-likeness (QED) is 0.718. The van der Waals surface area contributed by atoms with E-state index in [1.807, 2.05) is 58.0 Å². The molecule has 162 valence electrons. The number of nitrogens with one attached hydrogen (secondary N) is 1. The average molecular weight is 431 g/mol. The normalized spacial score (nSPS) is 16.0. The number of benzene rings is 2. The molecular formula is C23H30N2O4S. The summed E-state index contributed by atoms with van der Waals surface area (Å²) in [5, 5.41) is 0. The van der Waals surface area contributed by atoms with Crippen LogP contribution in [0.15, 0.2) is 48.5 Å². The van der Waals surface area contributed by atoms with Crippen molar-refractivity contribution in [3.63, 3.8) is 0 Å². The molecule has 0 unspecified atom stereocenters. The minimum absolute atomic E-state index is 0.0216. The van der Waals surface area contributed by atoms with Crippen LogP contribution >= 0.6 is 0 Å². The van der Waals surface area contributed by atoms with Gasteiger partial charge in [0.1, 0.15) is 12.4 Å². The molecule has 0 saturated carbocycles. The van der Waals surface area contributed by atoms with Gasteiger partial charge in [0.25, 0.3) is 0 Å². The van der Waals surface area contributed by atoms with Crippen molar-refractivity contribution in [2.75, 3.05) is 28.5 Å². The highest BCUT2D eigenvalue weighted by Crippen LogP contribution is 2.38. The Morgan fingerprint density at radius 3 is 2.50 bits per heavy atom. The second kappa shape index (κ2) is 8.68. The van der Waals surface area contributed by atoms with E-state index < -0.39 is 15.4 Å². The van der Waals surface area contributed by atoms with Crippen LogP contribution in [0.25, 0.3) is 0 Å². The lowest BCUT2D eigenvalue weighted by Gasteiger charge is -2.29. The van der Waals surface area contributed by atoms with Crippen LogP contribution in [-0.4, -0.2) is 33.2 Å². The van der Waals surface area contributed by atoms with Gasteiger partial charge in [0.15, 0.2) is 0 Å². The van der Waals surface area contributed by atoms with Crippen LogP contribution in [0.4, 0.5) is 11.4 Å². The molecule has 0 aliphatic carbocycles. The van der Waals surface area contributed by atoms with Crippen molar-refractivity contribution in [2.24, 2.45) is 11.3 Å². The summed E-state index contributed by atoms with van der Waals surface area (Å²) >= 11 is 0. The fourth-order valence-corrected chi connectivity index (χ4v) is 4.47. The molecule has 0 radical (unpaired) electrons. The summed E-state index contributed by atoms with van der Waals surface area (Å²) in [5.74, 6) is 0.787. The second-order valence-corrected chi connectivity index (χ2v) is 10.7. The number of carbonyl (C=O) groups excluding carboxylic acids is 1. The van der Waals surface area contributed by atoms with Crippen molar-refractivity contribution in [1.29, 1.82) is 0 Å². The van der Waals surface area contributed by atoms with Crippen molar-refractivity contribution < 1.29 is 17.9 Å². The molecule has 1 N–H and O–H groups in total. The van der Waals surface area contributed by atoms with Crippen molar-refractivity contribution in [2.45, 2.75) is 34.1 Å². The Hall–Kier alpha value is -2.54. The standard InChI is InChI=1S/C23H30N2O4S/c1-17(2)15-25-20-14-19(10-11-21(20)29-16-23(3,4)22(25)26)24-30(27,28)13-12-18-8-6-5-7-9-18/h5-11,14,17,24H,12-13,15-16H2,1-4H3. The molecule has 3 rings (SSSR count). The number of amides is 1. The Balaban J connectivity index is 1.84. The molecule has 6 nitrogen and oxygen atoms in total. The van der Waals surface area contributed by atoms with Gasteiger partial charge in [-0.15, -0.1) is 0 Å². The predicted octanol–water partition coefficient (Wildman–Crippen LogP) is 4.08. The molecule has 1 amide bonds. The lowest BCUT2D eigenvalue weighted by Crippen LogP contribution is -2.43. The highest BCUT2D eigenvalue weighted by Gasteiger charge is 2.38. The number of rotatable bonds is 7. The number of aryl methyl sites for hydroxylation is 1. The Bertz CT molecular complexity index is 1000. The number of hydrogen-bond acceptors (Lipinski definition) is 4. The van der Waals surface area contributed by atoms with Crippen LogP contribution in [-0.2, 0) is 21.2 Å². The van der Waals surface area contributed by atoms with Crippen molar-refractivity contribution in [1.82, 2.24) is 0 Å². The molecule has 30 heavy (non-hydrogen) atoms. The van der Waals surface area contributed by atoms with E-state index in [0.29, 0.717) is 30.1 Å². The minimum atomic E-state index is -3.54. The maximum atomic E-state index is 13.1. The first-order valence-electron chi connectivity index (χ1n) is 10.2. The molecule has 0 bridgehead atoms. The van der Waals surface area contributed by atoms with Gasteiger partial charge in [-0.25, -0.2) is 8.42 Å². The zero-order valence-electron chi connectivity index (χ0n) is 18.0. The monoisotopic (exact) mass is 430 g/mol. The molecule has 0 saturated heterocycles. The highest BCUT2D eigenvalue weighted by molar-refractivity contribution is 7.92. The van der Waals surface area contributed by atoms with Gasteiger partial charge >= 0.3 is 0 Å². The van der Waals surface area contributed by atoms with E-state index in [-0.39, 0.29) is 24.2 Å². The Morgan fingerprint density at radius 1 is 1.13 bits per heavy atom. The third-order valence-corrected chi connectivity index (χ3v) is 6.27. The van der Waals surface area contributed by atoms with Crippen molar-refractivity contribution >= 4 is 27.3 Å². The summed E-state index contributed by atoms with van der Waals surface area (Å²) in [6.45, 7) is 8.62. The third kappa shape index (κ3) is 5.33. The number of carbonyl (C=O) groups is 1. The number of ether oxygens (including phenoxy) is 1. The maximum Gasteiger partial charge on any atom is 0.236 e. The third-order valence-electron chi connectivity index (χ3n) is 4.99. The highest BCUT2D eigenvalue weighted by atomic mass is 32.2. The van der Waals surface area contributed by atoms with Crippen LogP contribution in [0.5, 0.6) is 5.75 Å². The molecule has 0 atom stereocenters. The van der Waals surface area contributed by atoms with E-state index in [9.17, 15) is 13.2 Å². The number of nitrogens with zero attached hydrogens (tertiary/aromatic N) is 1. The average Bonchev–Trinajstić information content (AvgIpc) is 2.77. The fraction of sp³-hybridized carbons (Fsp3) is 0.435. The summed E-state index contributed by atoms with van der Waals surface area (Å²) in [4.78, 5) is 14.8. The number of sulfonamides is 1. The van der Waals surface area contributed by atoms with Gasteiger partial charge < -0.3 is 9.64 Å². The Morgan fingerprint density at radius 2 is 1.83 bits per heavy atom. The molecule has 1 heterocycles. The van der Waals surface area contributed by atoms with Crippen molar-refractivity contribution in [3.05, 3.63) is 54.1 Å². The summed E-state index contributed by atoms with van der Waals surface area (Å²) in [6, 6.07) is 14.6. The summed E-state index contributed by atoms with van der Waals surface area (Å²) in [5.41, 5.74) is 1.33. The molecule has 2 aromatic rings. The fourth-order valence-electron chi connectivity index (χ4n) is 3.38. The van der Waals surface area contributed by atoms with E-state index in [4.69, 9.17) is 4.74 Å². The van der Waals surface area contributed by atoms with Gasteiger partial charge in [-0.2, -0.15) is 0 Å². The van der Waals surface area contributed by atoms with Gasteiger partial charge in [0.2, 0.25) is 15.9 Å². The summed E-state index contributed by atoms with van der Waals surface area (Å²) in [7, 11) is -3.54. The first-order chi connectivity index (χ1) is 14.1. The molecular weight excluding hydrogens is 400 g/mol. The first-order valence-corrected chi connectivity index (χ1v) is 11.9. The van der Waals surface area contributed by atoms with E-state index in [2.05, 4.69) is 4.72 Å². The maximum absolute atomic E-state index is 13.1. The topological polar surface area (TPSA) is 75.7 Å². The summed E-state index contributed by atoms with van der Waals surface area (Å²) < 4.78 is 33.8. The van der Waals surface area contributed by atoms with Crippen LogP contribution in [0.3, 0.4) is 0 Å². The number of anilines is 2. The Kier molecular flexibility index (Phi) is 6.41. The van der Waals surface area contributed by atoms with Gasteiger partial charge in [-0.3, -0.25) is 9.52 Å². The minimum Gasteiger partial charge on any atom is -0.490 e. The zero-order valence-corrected chi connectivity index (χ0v) is 18.8. The molecule has 2 aromatic carbocycles. The van der Waals surface area contributed by atoms with Crippen LogP contribution in [0.2, 0.25) is 0 Å². The molecule has 1 aliphatic rings. The van der Waals surface area contributed by atoms with Gasteiger partial charge in [0, 0.05) is 6.54 Å². The SMILES string of the molecule is CC(C)CN1C(=O)C(C)(C)COc2ccc(NS(=O)(=O)CCc3ccccc3)cc21. The van der Waals surface area contributed by atoms with E-state index in [1.54, 1.807) is 23.1 Å². The Labute approximate surface area is 179 Å². The smallest absolute Gasteiger partial charge is 0.236 e. The van der Waals surface area contributed by atoms with Gasteiger partial charge in [-0.1, -0.05) is 44.2 Å². The van der Waals surface area contributed by atoms with Crippen LogP contribution < -0.4 is 14.4 Å². The molecule has 1 aliphatic heterocycles. The van der Waals surface area contributed by atoms with Gasteiger partial charge in [-0.05, 0) is 49.9 Å². The first kappa shape index (κ1) is 22.2. The van der Waals surface area contributed by atoms with Gasteiger partial charge in [0.05, 0.1) is 22.5 Å². The molecule has 0 spiro atoms. The van der Waals surface area contributed by atoms with E-state index >= 15 is 0 Å². The summed E-state index contributed by atoms with van der Waals surface area (Å²) in [6.07, 6.45) is 0.427. The second-order valence-electron chi connectivity index (χ2n) is 8.82. The molecule has 7 heteroatoms. The largest absolute Gasteiger partial charge is 0.490 e. The molecule has 0 fully saturated rings. The zero-order chi connectivity index (χ0) is 21.9. The lowest BCUT2D eigenvalue weighted by molar-refractivity contribution is -0.127. The molecule has 0 aromatic heterocycles. The number of hydrogen-bond donors (Lipinski definition) is 1. The van der Waals surface area contributed by atoms with E-state index in [0.717, 1.165) is 5.56 Å². The number of fused-ring (bicyclic) bond motifs is 1. The predicted molar refractivity (Wildman–Crippen MR) is 120 cm³/mol.